The molecule has 0 saturated carbocycles. The number of rotatable bonds is 4. The highest BCUT2D eigenvalue weighted by Gasteiger charge is 2.24. The Hall–Kier alpha value is -2.48. The van der Waals surface area contributed by atoms with E-state index in [1.807, 2.05) is 12.1 Å². The fourth-order valence-corrected chi connectivity index (χ4v) is 2.24. The second-order valence-corrected chi connectivity index (χ2v) is 5.42. The maximum absolute atomic E-state index is 13.9. The van der Waals surface area contributed by atoms with Crippen molar-refractivity contribution in [2.75, 3.05) is 0 Å². The minimum absolute atomic E-state index is 0.473. The molecule has 0 radical (unpaired) electrons. The number of unbranched alkanes of at least 4 members (excludes halogenated alkanes) is 1. The van der Waals surface area contributed by atoms with Crippen LogP contribution in [0.5, 0.6) is 0 Å². The molecule has 0 spiro atoms. The molecule has 1 nitrogen and oxygen atoms in total. The lowest BCUT2D eigenvalue weighted by Gasteiger charge is -2.04. The molecule has 25 heavy (non-hydrogen) atoms. The Kier molecular flexibility index (Phi) is 6.46. The Balaban J connectivity index is 2.39. The maximum Gasteiger partial charge on any atom is 0.189 e. The van der Waals surface area contributed by atoms with Crippen molar-refractivity contribution in [3.8, 4) is 11.8 Å². The van der Waals surface area contributed by atoms with Crippen molar-refractivity contribution in [3.63, 3.8) is 0 Å². The topological polar surface area (TPSA) is 12.4 Å². The van der Waals surface area contributed by atoms with Crippen molar-refractivity contribution in [3.05, 3.63) is 64.2 Å². The van der Waals surface area contributed by atoms with Crippen LogP contribution in [0, 0.1) is 35.1 Å². The zero-order valence-corrected chi connectivity index (χ0v) is 14.1. The van der Waals surface area contributed by atoms with Crippen LogP contribution in [0.4, 0.5) is 23.2 Å². The number of halogens is 4. The monoisotopic (exact) mass is 363 g/mol. The third-order valence-corrected chi connectivity index (χ3v) is 3.59. The van der Waals surface area contributed by atoms with Crippen molar-refractivity contribution < 1.29 is 17.6 Å². The molecule has 0 unspecified atom stereocenters. The molecule has 128 valence electrons. The number of hydrogen-bond acceptors (Lipinski definition) is 2. The molecule has 2 aromatic carbocycles. The van der Waals surface area contributed by atoms with E-state index >= 15 is 0 Å². The van der Waals surface area contributed by atoms with Crippen LogP contribution in [0.15, 0.2) is 29.3 Å². The number of isothiocyanates is 1. The van der Waals surface area contributed by atoms with E-state index < -0.39 is 34.5 Å². The summed E-state index contributed by atoms with van der Waals surface area (Å²) in [6.45, 7) is 2.09. The van der Waals surface area contributed by atoms with Crippen LogP contribution in [0.2, 0.25) is 0 Å². The van der Waals surface area contributed by atoms with Crippen molar-refractivity contribution in [1.29, 1.82) is 0 Å². The van der Waals surface area contributed by atoms with Gasteiger partial charge in [-0.2, -0.15) is 4.99 Å². The molecule has 0 amide bonds. The molecule has 0 atom stereocenters. The van der Waals surface area contributed by atoms with Crippen LogP contribution in [-0.2, 0) is 6.42 Å². The van der Waals surface area contributed by atoms with Gasteiger partial charge in [0.2, 0.25) is 0 Å². The number of nitrogens with zero attached hydrogens (tertiary/aromatic N) is 1. The minimum atomic E-state index is -1.66. The largest absolute Gasteiger partial charge is 0.202 e. The van der Waals surface area contributed by atoms with E-state index in [9.17, 15) is 17.6 Å². The molecule has 2 aromatic rings. The summed E-state index contributed by atoms with van der Waals surface area (Å²) in [6, 6.07) is 7.08. The summed E-state index contributed by atoms with van der Waals surface area (Å²) in [4.78, 5) is 3.01. The second kappa shape index (κ2) is 8.57. The van der Waals surface area contributed by atoms with E-state index in [-0.39, 0.29) is 0 Å². The van der Waals surface area contributed by atoms with Crippen LogP contribution < -0.4 is 0 Å². The van der Waals surface area contributed by atoms with Gasteiger partial charge in [0, 0.05) is 5.56 Å². The summed E-state index contributed by atoms with van der Waals surface area (Å²) < 4.78 is 55.4. The molecule has 0 bridgehead atoms. The van der Waals surface area contributed by atoms with Gasteiger partial charge in [0.1, 0.15) is 5.56 Å². The van der Waals surface area contributed by atoms with Gasteiger partial charge in [0.25, 0.3) is 0 Å². The van der Waals surface area contributed by atoms with Gasteiger partial charge in [-0.15, -0.1) is 0 Å². The number of hydrogen-bond donors (Lipinski definition) is 0. The number of benzene rings is 2. The second-order valence-electron chi connectivity index (χ2n) is 5.23. The van der Waals surface area contributed by atoms with E-state index in [4.69, 9.17) is 0 Å². The number of aryl methyl sites for hydroxylation is 1. The third-order valence-electron chi connectivity index (χ3n) is 3.50. The number of thiocarbonyl (C=S) groups is 1. The summed E-state index contributed by atoms with van der Waals surface area (Å²) in [6.07, 6.45) is 3.04. The summed E-state index contributed by atoms with van der Waals surface area (Å²) >= 11 is 4.20. The highest BCUT2D eigenvalue weighted by Crippen LogP contribution is 2.29. The highest BCUT2D eigenvalue weighted by atomic mass is 32.1. The molecule has 2 rings (SSSR count). The third kappa shape index (κ3) is 4.33. The molecule has 0 aliphatic rings. The molecule has 6 heteroatoms. The smallest absolute Gasteiger partial charge is 0.189 e. The first-order chi connectivity index (χ1) is 12.0. The zero-order chi connectivity index (χ0) is 18.4. The molecule has 0 fully saturated rings. The first kappa shape index (κ1) is 18.9. The number of aliphatic imine (C=N–C) groups is 1. The van der Waals surface area contributed by atoms with Crippen molar-refractivity contribution in [2.24, 2.45) is 4.99 Å². The van der Waals surface area contributed by atoms with Gasteiger partial charge < -0.3 is 0 Å². The van der Waals surface area contributed by atoms with Gasteiger partial charge in [-0.1, -0.05) is 37.3 Å². The van der Waals surface area contributed by atoms with Gasteiger partial charge in [-0.25, -0.2) is 17.6 Å². The van der Waals surface area contributed by atoms with Crippen molar-refractivity contribution >= 4 is 23.1 Å². The Bertz CT molecular complexity index is 859. The normalized spacial score (nSPS) is 9.96. The molecule has 0 heterocycles. The average Bonchev–Trinajstić information content (AvgIpc) is 2.63. The average molecular weight is 363 g/mol. The molecular weight excluding hydrogens is 350 g/mol. The Morgan fingerprint density at radius 1 is 0.920 bits per heavy atom. The van der Waals surface area contributed by atoms with Crippen molar-refractivity contribution in [2.45, 2.75) is 26.2 Å². The Morgan fingerprint density at radius 3 is 2.04 bits per heavy atom. The van der Waals surface area contributed by atoms with Gasteiger partial charge in [-0.05, 0) is 42.8 Å². The molecule has 0 saturated heterocycles. The molecule has 0 N–H and O–H groups in total. The summed E-state index contributed by atoms with van der Waals surface area (Å²) in [5, 5.41) is 1.68. The fraction of sp³-hybridized carbons (Fsp3) is 0.211. The maximum atomic E-state index is 13.9. The van der Waals surface area contributed by atoms with Crippen LogP contribution >= 0.6 is 12.2 Å². The molecule has 0 aliphatic carbocycles. The lowest BCUT2D eigenvalue weighted by atomic mass is 10.1. The van der Waals surface area contributed by atoms with Crippen LogP contribution in [0.25, 0.3) is 0 Å². The first-order valence-corrected chi connectivity index (χ1v) is 7.95. The predicted octanol–water partition coefficient (Wildman–Crippen LogP) is 5.72. The quantitative estimate of drug-likeness (QED) is 0.222. The lowest BCUT2D eigenvalue weighted by Crippen LogP contribution is -2.00. The van der Waals surface area contributed by atoms with Crippen LogP contribution in [0.3, 0.4) is 0 Å². The van der Waals surface area contributed by atoms with E-state index in [0.717, 1.165) is 24.8 Å². The van der Waals surface area contributed by atoms with E-state index in [2.05, 4.69) is 36.0 Å². The van der Waals surface area contributed by atoms with E-state index in [0.29, 0.717) is 5.56 Å². The van der Waals surface area contributed by atoms with Gasteiger partial charge in [0.15, 0.2) is 29.0 Å². The predicted molar refractivity (Wildman–Crippen MR) is 92.0 cm³/mol. The summed E-state index contributed by atoms with van der Waals surface area (Å²) in [5.41, 5.74) is -0.561. The Morgan fingerprint density at radius 2 is 1.52 bits per heavy atom. The molecular formula is C19H13F4NS. The van der Waals surface area contributed by atoms with Crippen LogP contribution in [-0.4, -0.2) is 5.16 Å². The van der Waals surface area contributed by atoms with E-state index in [1.165, 1.54) is 0 Å². The molecule has 0 aromatic heterocycles. The van der Waals surface area contributed by atoms with Gasteiger partial charge >= 0.3 is 0 Å². The lowest BCUT2D eigenvalue weighted by molar-refractivity contribution is 0.454. The van der Waals surface area contributed by atoms with Gasteiger partial charge in [0.05, 0.1) is 5.16 Å². The zero-order valence-electron chi connectivity index (χ0n) is 13.3. The SMILES string of the molecule is CCCCc1ccc(C#Cc2c(F)c(F)c(N=C=S)c(F)c2F)cc1. The molecule has 0 aliphatic heterocycles. The van der Waals surface area contributed by atoms with Gasteiger partial charge in [-0.3, -0.25) is 0 Å². The first-order valence-electron chi connectivity index (χ1n) is 7.54. The minimum Gasteiger partial charge on any atom is -0.202 e. The fourth-order valence-electron chi connectivity index (χ4n) is 2.14. The highest BCUT2D eigenvalue weighted by molar-refractivity contribution is 7.78. The van der Waals surface area contributed by atoms with E-state index in [1.54, 1.807) is 17.3 Å². The Labute approximate surface area is 148 Å². The standard InChI is InChI=1S/C19H13F4NS/c1-2-3-4-12-5-7-13(8-6-12)9-10-14-15(20)17(22)19(24-11-25)18(23)16(14)21/h5-8H,2-4H2,1H3. The summed E-state index contributed by atoms with van der Waals surface area (Å²) in [5.74, 6) is -1.90. The summed E-state index contributed by atoms with van der Waals surface area (Å²) in [7, 11) is 0. The van der Waals surface area contributed by atoms with Crippen LogP contribution in [0.1, 0.15) is 36.5 Å². The van der Waals surface area contributed by atoms with Crippen molar-refractivity contribution in [1.82, 2.24) is 0 Å².